The highest BCUT2D eigenvalue weighted by molar-refractivity contribution is 6.02. The molecule has 2 aromatic rings. The molecule has 178 valence electrons. The number of hydrogen-bond acceptors (Lipinski definition) is 5. The number of aromatic nitrogens is 1. The number of urea groups is 1. The molecule has 0 spiro atoms. The van der Waals surface area contributed by atoms with Gasteiger partial charge >= 0.3 is 12.2 Å². The van der Waals surface area contributed by atoms with Crippen molar-refractivity contribution in [3.63, 3.8) is 0 Å². The average Bonchev–Trinajstić information content (AvgIpc) is 2.77. The van der Waals surface area contributed by atoms with E-state index in [-0.39, 0.29) is 30.4 Å². The van der Waals surface area contributed by atoms with E-state index in [0.717, 1.165) is 37.5 Å². The number of nitrogens with zero attached hydrogens (tertiary/aromatic N) is 5. The van der Waals surface area contributed by atoms with Gasteiger partial charge in [0, 0.05) is 36.6 Å². The van der Waals surface area contributed by atoms with Crippen molar-refractivity contribution in [1.82, 2.24) is 9.88 Å². The Bertz CT molecular complexity index is 1160. The Kier molecular flexibility index (Phi) is 6.53. The van der Waals surface area contributed by atoms with Crippen molar-refractivity contribution in [2.75, 3.05) is 36.5 Å². The summed E-state index contributed by atoms with van der Waals surface area (Å²) in [6.45, 7) is 7.34. The molecule has 1 fully saturated rings. The van der Waals surface area contributed by atoms with Gasteiger partial charge in [0.2, 0.25) is 0 Å². The van der Waals surface area contributed by atoms with Crippen molar-refractivity contribution >= 4 is 30.1 Å². The van der Waals surface area contributed by atoms with Crippen LogP contribution >= 0.6 is 0 Å². The number of allylic oxidation sites excluding steroid dienone is 1. The predicted octanol–water partition coefficient (Wildman–Crippen LogP) is 4.51. The second kappa shape index (κ2) is 9.54. The number of halogens is 3. The zero-order chi connectivity index (χ0) is 24.3. The summed E-state index contributed by atoms with van der Waals surface area (Å²) in [5.74, 6) is 1.19. The van der Waals surface area contributed by atoms with Crippen LogP contribution in [0.1, 0.15) is 24.5 Å². The first-order valence-corrected chi connectivity index (χ1v) is 10.6. The molecule has 1 aromatic heterocycles. The zero-order valence-corrected chi connectivity index (χ0v) is 18.5. The van der Waals surface area contributed by atoms with Gasteiger partial charge in [-0.3, -0.25) is 4.90 Å². The lowest BCUT2D eigenvalue weighted by molar-refractivity contribution is -0.137. The Morgan fingerprint density at radius 3 is 2.68 bits per heavy atom. The number of anilines is 2. The van der Waals surface area contributed by atoms with Gasteiger partial charge in [-0.15, -0.1) is 0 Å². The van der Waals surface area contributed by atoms with Gasteiger partial charge in [-0.1, -0.05) is 12.1 Å². The van der Waals surface area contributed by atoms with Gasteiger partial charge in [-0.05, 0) is 38.3 Å². The third kappa shape index (κ3) is 5.03. The van der Waals surface area contributed by atoms with E-state index in [4.69, 9.17) is 4.74 Å². The first kappa shape index (κ1) is 23.3. The molecular formula is C23H23F3N6O2. The van der Waals surface area contributed by atoms with Crippen LogP contribution in [0.2, 0.25) is 0 Å². The van der Waals surface area contributed by atoms with Crippen molar-refractivity contribution in [2.45, 2.75) is 19.5 Å². The second-order valence-corrected chi connectivity index (χ2v) is 7.73. The largest absolute Gasteiger partial charge is 0.492 e. The van der Waals surface area contributed by atoms with E-state index in [0.29, 0.717) is 11.4 Å². The maximum absolute atomic E-state index is 13.2. The lowest BCUT2D eigenvalue weighted by Crippen LogP contribution is -2.40. The minimum atomic E-state index is -4.52. The Hall–Kier alpha value is -3.89. The third-order valence-electron chi connectivity index (χ3n) is 5.44. The number of hydrogen-bond donors (Lipinski definition) is 1. The number of alkyl halides is 3. The number of carbonyl (C=O) groups excluding carboxylic acids is 1. The predicted molar refractivity (Wildman–Crippen MR) is 123 cm³/mol. The topological polar surface area (TPSA) is 82.4 Å². The van der Waals surface area contributed by atoms with Crippen molar-refractivity contribution in [3.05, 3.63) is 65.3 Å². The molecule has 34 heavy (non-hydrogen) atoms. The number of benzene rings is 1. The van der Waals surface area contributed by atoms with Gasteiger partial charge in [0.25, 0.3) is 0 Å². The van der Waals surface area contributed by atoms with E-state index in [1.807, 2.05) is 0 Å². The normalized spacial score (nSPS) is 16.6. The zero-order valence-electron chi connectivity index (χ0n) is 18.5. The van der Waals surface area contributed by atoms with Gasteiger partial charge < -0.3 is 15.0 Å². The summed E-state index contributed by atoms with van der Waals surface area (Å²) in [6.07, 6.45) is -1.80. The molecule has 1 N–H and O–H groups in total. The molecule has 0 atom stereocenters. The lowest BCUT2D eigenvalue weighted by atomic mass is 10.1. The number of amidine groups is 1. The summed E-state index contributed by atoms with van der Waals surface area (Å²) in [6, 6.07) is 7.61. The molecule has 0 radical (unpaired) electrons. The molecule has 3 heterocycles. The highest BCUT2D eigenvalue weighted by Gasteiger charge is 2.31. The Labute approximate surface area is 194 Å². The number of nitrogens with one attached hydrogen (secondary N) is 1. The minimum absolute atomic E-state index is 0.0623. The number of ether oxygens (including phenoxy) is 1. The summed E-state index contributed by atoms with van der Waals surface area (Å²) >= 11 is 0. The van der Waals surface area contributed by atoms with E-state index in [1.54, 1.807) is 25.3 Å². The van der Waals surface area contributed by atoms with Crippen molar-refractivity contribution < 1.29 is 22.7 Å². The van der Waals surface area contributed by atoms with Crippen LogP contribution in [-0.4, -0.2) is 54.7 Å². The van der Waals surface area contributed by atoms with Crippen LogP contribution in [0.5, 0.6) is 0 Å². The molecule has 0 saturated carbocycles. The van der Waals surface area contributed by atoms with Gasteiger partial charge in [0.05, 0.1) is 12.1 Å². The van der Waals surface area contributed by atoms with Crippen LogP contribution in [-0.2, 0) is 10.9 Å². The lowest BCUT2D eigenvalue weighted by Gasteiger charge is -2.32. The summed E-state index contributed by atoms with van der Waals surface area (Å²) < 4.78 is 45.0. The van der Waals surface area contributed by atoms with E-state index in [1.165, 1.54) is 17.0 Å². The average molecular weight is 472 g/mol. The Morgan fingerprint density at radius 2 is 2.00 bits per heavy atom. The highest BCUT2D eigenvalue weighted by atomic mass is 19.4. The number of rotatable bonds is 4. The molecule has 2 aliphatic heterocycles. The van der Waals surface area contributed by atoms with Crippen LogP contribution in [0.3, 0.4) is 0 Å². The first-order chi connectivity index (χ1) is 16.3. The Morgan fingerprint density at radius 1 is 1.21 bits per heavy atom. The molecule has 1 aromatic carbocycles. The van der Waals surface area contributed by atoms with E-state index < -0.39 is 17.8 Å². The molecule has 1 saturated heterocycles. The van der Waals surface area contributed by atoms with Gasteiger partial charge in [0.1, 0.15) is 18.2 Å². The summed E-state index contributed by atoms with van der Waals surface area (Å²) in [7, 11) is 0. The SMILES string of the molecule is C=NC(=NC1=C(C)OCCN1C(=O)Nc1ccnc(N2CCC2)c1)c1cccc(C(F)(F)F)c1. The molecule has 2 aliphatic rings. The minimum Gasteiger partial charge on any atom is -0.492 e. The van der Waals surface area contributed by atoms with Gasteiger partial charge in [-0.25, -0.2) is 19.8 Å². The van der Waals surface area contributed by atoms with E-state index >= 15 is 0 Å². The molecule has 4 rings (SSSR count). The molecule has 0 aliphatic carbocycles. The summed E-state index contributed by atoms with van der Waals surface area (Å²) in [5.41, 5.74) is -0.157. The third-order valence-corrected chi connectivity index (χ3v) is 5.44. The number of aliphatic imine (C=N–C) groups is 2. The quantitative estimate of drug-likeness (QED) is 0.524. The van der Waals surface area contributed by atoms with E-state index in [2.05, 4.69) is 31.9 Å². The van der Waals surface area contributed by atoms with Crippen molar-refractivity contribution in [1.29, 1.82) is 0 Å². The second-order valence-electron chi connectivity index (χ2n) is 7.73. The number of pyridine rings is 1. The molecule has 0 bridgehead atoms. The van der Waals surface area contributed by atoms with Crippen LogP contribution in [0.4, 0.5) is 29.5 Å². The molecule has 11 heteroatoms. The Balaban J connectivity index is 1.60. The van der Waals surface area contributed by atoms with Crippen LogP contribution in [0.25, 0.3) is 0 Å². The fourth-order valence-corrected chi connectivity index (χ4v) is 3.52. The van der Waals surface area contributed by atoms with Crippen LogP contribution < -0.4 is 10.2 Å². The maximum atomic E-state index is 13.2. The van der Waals surface area contributed by atoms with Crippen LogP contribution in [0.15, 0.2) is 64.2 Å². The van der Waals surface area contributed by atoms with Crippen molar-refractivity contribution in [2.24, 2.45) is 9.98 Å². The maximum Gasteiger partial charge on any atom is 0.416 e. The van der Waals surface area contributed by atoms with E-state index in [9.17, 15) is 18.0 Å². The molecule has 8 nitrogen and oxygen atoms in total. The number of carbonyl (C=O) groups is 1. The highest BCUT2D eigenvalue weighted by Crippen LogP contribution is 2.30. The van der Waals surface area contributed by atoms with Crippen LogP contribution in [0, 0.1) is 0 Å². The number of amides is 2. The molecule has 0 unspecified atom stereocenters. The molecular weight excluding hydrogens is 449 g/mol. The monoisotopic (exact) mass is 472 g/mol. The molecule has 2 amide bonds. The first-order valence-electron chi connectivity index (χ1n) is 10.6. The summed E-state index contributed by atoms with van der Waals surface area (Å²) in [4.78, 5) is 29.1. The van der Waals surface area contributed by atoms with Gasteiger partial charge in [0.15, 0.2) is 11.7 Å². The fraction of sp³-hybridized carbons (Fsp3) is 0.304. The summed E-state index contributed by atoms with van der Waals surface area (Å²) in [5, 5.41) is 2.83. The van der Waals surface area contributed by atoms with Crippen molar-refractivity contribution in [3.8, 4) is 0 Å². The standard InChI is InChI=1S/C23H23F3N6O2/c1-15-21(30-20(27-2)16-5-3-6-17(13-16)23(24,25)26)32(11-12-34-15)22(33)29-18-7-8-28-19(14-18)31-9-4-10-31/h3,5-8,13-14H,2,4,9-12H2,1H3,(H,28,29,33). The fourth-order valence-electron chi connectivity index (χ4n) is 3.52. The van der Waals surface area contributed by atoms with Gasteiger partial charge in [-0.2, -0.15) is 13.2 Å². The smallest absolute Gasteiger partial charge is 0.416 e.